The Kier molecular flexibility index (Phi) is 11.9. The number of hydrogen-bond donors (Lipinski definition) is 3. The lowest BCUT2D eigenvalue weighted by Gasteiger charge is -2.34. The van der Waals surface area contributed by atoms with Crippen LogP contribution in [0.1, 0.15) is 80.6 Å². The summed E-state index contributed by atoms with van der Waals surface area (Å²) in [6.45, 7) is 7.01. The van der Waals surface area contributed by atoms with Crippen LogP contribution in [0.25, 0.3) is 33.6 Å². The molecule has 14 nitrogen and oxygen atoms in total. The predicted molar refractivity (Wildman–Crippen MR) is 228 cm³/mol. The van der Waals surface area contributed by atoms with E-state index in [4.69, 9.17) is 15.5 Å². The van der Waals surface area contributed by atoms with E-state index >= 15 is 0 Å². The van der Waals surface area contributed by atoms with E-state index in [0.29, 0.717) is 24.6 Å². The van der Waals surface area contributed by atoms with Crippen molar-refractivity contribution in [3.8, 4) is 33.6 Å². The van der Waals surface area contributed by atoms with Crippen LogP contribution in [0.3, 0.4) is 0 Å². The molecule has 2 aliphatic rings. The van der Waals surface area contributed by atoms with E-state index in [2.05, 4.69) is 99.3 Å². The quantitative estimate of drug-likeness (QED) is 0.106. The Balaban J connectivity index is 0.923. The number of aryl methyl sites for hydroxylation is 1. The van der Waals surface area contributed by atoms with Crippen LogP contribution in [-0.4, -0.2) is 94.4 Å². The summed E-state index contributed by atoms with van der Waals surface area (Å²) in [7, 11) is 1.83. The van der Waals surface area contributed by atoms with Gasteiger partial charge < -0.3 is 34.8 Å². The van der Waals surface area contributed by atoms with E-state index in [0.717, 1.165) is 83.8 Å². The molecule has 3 amide bonds. The molecule has 3 aromatic carbocycles. The van der Waals surface area contributed by atoms with Crippen LogP contribution in [0.15, 0.2) is 104 Å². The SMILES string of the molecule is CCN(CC)C(C(=O)N1CCCC1c1ncc(-c2ccc(-c3ccc(-c4cnc([C@@H]5CCCN5C(=O)[C@H](Cc5cn(C)cn5)OC(N)=O)[nH]4)cc3)cc2)[nH]1)c1ccccc1. The molecule has 2 saturated heterocycles. The highest BCUT2D eigenvalue weighted by molar-refractivity contribution is 5.85. The van der Waals surface area contributed by atoms with Crippen LogP contribution in [0.5, 0.6) is 0 Å². The third-order valence-corrected chi connectivity index (χ3v) is 11.8. The minimum atomic E-state index is -1.08. The Morgan fingerprint density at radius 2 is 1.27 bits per heavy atom. The molecule has 14 heteroatoms. The van der Waals surface area contributed by atoms with Gasteiger partial charge in [-0.05, 0) is 66.6 Å². The van der Waals surface area contributed by atoms with Crippen LogP contribution in [0, 0.1) is 0 Å². The van der Waals surface area contributed by atoms with E-state index in [1.807, 2.05) is 36.3 Å². The molecule has 2 unspecified atom stereocenters. The standard InChI is InChI=1S/C46H52N10O4/c1-4-54(5-2)41(34-11-7-6-8-12-34)45(58)56-24-10-14-39(56)43-49-27-37(52-43)33-21-17-31(18-22-33)30-15-19-32(20-16-30)36-26-48-42(51-36)38-13-9-23-55(38)44(57)40(60-46(47)59)25-35-28-53(3)29-50-35/h6-8,11-12,15-22,26-29,38-41H,4-5,9-10,13-14,23-25H2,1-3H3,(H2,47,59)(H,48,51)(H,49,52)/t38-,39?,40-,41?/m0/s1. The van der Waals surface area contributed by atoms with Gasteiger partial charge in [-0.1, -0.05) is 92.7 Å². The summed E-state index contributed by atoms with van der Waals surface area (Å²) in [4.78, 5) is 66.4. The van der Waals surface area contributed by atoms with E-state index in [1.54, 1.807) is 28.2 Å². The average Bonchev–Trinajstić information content (AvgIpc) is 4.13. The monoisotopic (exact) mass is 808 g/mol. The number of carbonyl (C=O) groups excluding carboxylic acids is 3. The summed E-state index contributed by atoms with van der Waals surface area (Å²) in [5.41, 5.74) is 12.9. The molecule has 3 aromatic heterocycles. The molecule has 0 saturated carbocycles. The smallest absolute Gasteiger partial charge is 0.405 e. The number of likely N-dealkylation sites (N-methyl/N-ethyl adjacent to an activating group) is 1. The number of aromatic amines is 2. The highest BCUT2D eigenvalue weighted by Gasteiger charge is 2.39. The van der Waals surface area contributed by atoms with Gasteiger partial charge >= 0.3 is 6.09 Å². The molecule has 6 aromatic rings. The van der Waals surface area contributed by atoms with Crippen molar-refractivity contribution in [1.82, 2.24) is 44.2 Å². The summed E-state index contributed by atoms with van der Waals surface area (Å²) in [6.07, 6.45) is 8.45. The van der Waals surface area contributed by atoms with Crippen LogP contribution < -0.4 is 5.73 Å². The molecule has 60 heavy (non-hydrogen) atoms. The molecule has 4 N–H and O–H groups in total. The molecule has 0 aliphatic carbocycles. The molecule has 4 atom stereocenters. The van der Waals surface area contributed by atoms with Crippen molar-refractivity contribution in [2.45, 2.75) is 70.2 Å². The van der Waals surface area contributed by atoms with Crippen molar-refractivity contribution >= 4 is 17.9 Å². The Labute approximate surface area is 349 Å². The third-order valence-electron chi connectivity index (χ3n) is 11.8. The van der Waals surface area contributed by atoms with Gasteiger partial charge in [-0.2, -0.15) is 0 Å². The summed E-state index contributed by atoms with van der Waals surface area (Å²) in [6, 6.07) is 26.0. The Morgan fingerprint density at radius 1 is 0.750 bits per heavy atom. The van der Waals surface area contributed by atoms with Crippen LogP contribution >= 0.6 is 0 Å². The number of H-pyrrole nitrogens is 2. The minimum absolute atomic E-state index is 0.103. The number of carbonyl (C=O) groups is 3. The zero-order valence-electron chi connectivity index (χ0n) is 34.3. The normalized spacial score (nSPS) is 17.6. The number of hydrogen-bond acceptors (Lipinski definition) is 8. The molecule has 0 spiro atoms. The maximum absolute atomic E-state index is 14.2. The first-order valence-corrected chi connectivity index (χ1v) is 20.8. The van der Waals surface area contributed by atoms with Gasteiger partial charge in [0.15, 0.2) is 6.10 Å². The van der Waals surface area contributed by atoms with Gasteiger partial charge in [-0.3, -0.25) is 14.5 Å². The molecule has 5 heterocycles. The molecule has 2 aliphatic heterocycles. The fourth-order valence-electron chi connectivity index (χ4n) is 8.78. The number of amides is 3. The highest BCUT2D eigenvalue weighted by Crippen LogP contribution is 2.37. The highest BCUT2D eigenvalue weighted by atomic mass is 16.6. The van der Waals surface area contributed by atoms with Gasteiger partial charge in [0, 0.05) is 32.8 Å². The fourth-order valence-corrected chi connectivity index (χ4v) is 8.78. The van der Waals surface area contributed by atoms with Gasteiger partial charge in [-0.15, -0.1) is 0 Å². The molecule has 0 bridgehead atoms. The first-order valence-electron chi connectivity index (χ1n) is 20.8. The van der Waals surface area contributed by atoms with Crippen molar-refractivity contribution in [1.29, 1.82) is 0 Å². The Bertz CT molecular complexity index is 2400. The zero-order valence-corrected chi connectivity index (χ0v) is 34.3. The number of nitrogens with two attached hydrogens (primary N) is 1. The van der Waals surface area contributed by atoms with Gasteiger partial charge in [0.2, 0.25) is 5.91 Å². The van der Waals surface area contributed by atoms with Crippen LogP contribution in [-0.2, 0) is 27.8 Å². The zero-order chi connectivity index (χ0) is 41.8. The molecule has 0 radical (unpaired) electrons. The largest absolute Gasteiger partial charge is 0.436 e. The van der Waals surface area contributed by atoms with Crippen molar-refractivity contribution in [2.24, 2.45) is 12.8 Å². The van der Waals surface area contributed by atoms with Crippen molar-refractivity contribution in [2.75, 3.05) is 26.2 Å². The number of benzene rings is 3. The maximum Gasteiger partial charge on any atom is 0.405 e. The molecular formula is C46H52N10O4. The lowest BCUT2D eigenvalue weighted by atomic mass is 10.0. The van der Waals surface area contributed by atoms with E-state index in [-0.39, 0.29) is 36.4 Å². The summed E-state index contributed by atoms with van der Waals surface area (Å²) in [5, 5.41) is 0. The number of aromatic nitrogens is 6. The van der Waals surface area contributed by atoms with Gasteiger partial charge in [-0.25, -0.2) is 19.7 Å². The van der Waals surface area contributed by atoms with Crippen LogP contribution in [0.4, 0.5) is 4.79 Å². The first-order chi connectivity index (χ1) is 29.2. The topological polar surface area (TPSA) is 171 Å². The number of likely N-dealkylation sites (tertiary alicyclic amines) is 2. The molecule has 8 rings (SSSR count). The second-order valence-electron chi connectivity index (χ2n) is 15.6. The number of rotatable bonds is 14. The second-order valence-corrected chi connectivity index (χ2v) is 15.6. The number of nitrogens with zero attached hydrogens (tertiary/aromatic N) is 7. The number of primary amides is 1. The van der Waals surface area contributed by atoms with E-state index in [9.17, 15) is 14.4 Å². The maximum atomic E-state index is 14.2. The van der Waals surface area contributed by atoms with Crippen molar-refractivity contribution in [3.05, 3.63) is 127 Å². The average molecular weight is 809 g/mol. The van der Waals surface area contributed by atoms with Crippen molar-refractivity contribution < 1.29 is 19.1 Å². The van der Waals surface area contributed by atoms with Gasteiger partial charge in [0.1, 0.15) is 17.7 Å². The second kappa shape index (κ2) is 17.8. The molecule has 2 fully saturated rings. The summed E-state index contributed by atoms with van der Waals surface area (Å²) < 4.78 is 7.06. The Morgan fingerprint density at radius 3 is 1.75 bits per heavy atom. The van der Waals surface area contributed by atoms with Crippen molar-refractivity contribution in [3.63, 3.8) is 0 Å². The number of ether oxygens (including phenoxy) is 1. The Hall–Kier alpha value is -6.54. The summed E-state index contributed by atoms with van der Waals surface area (Å²) in [5.74, 6) is 1.30. The fraction of sp³-hybridized carbons (Fsp3) is 0.348. The lowest BCUT2D eigenvalue weighted by molar-refractivity contribution is -0.141. The summed E-state index contributed by atoms with van der Waals surface area (Å²) >= 11 is 0. The lowest BCUT2D eigenvalue weighted by Crippen LogP contribution is -2.43. The van der Waals surface area contributed by atoms with Gasteiger partial charge in [0.05, 0.1) is 47.9 Å². The van der Waals surface area contributed by atoms with E-state index in [1.165, 1.54) is 0 Å². The predicted octanol–water partition coefficient (Wildman–Crippen LogP) is 6.98. The minimum Gasteiger partial charge on any atom is -0.436 e. The third kappa shape index (κ3) is 8.46. The number of nitrogens with one attached hydrogen (secondary N) is 2. The van der Waals surface area contributed by atoms with E-state index < -0.39 is 12.2 Å². The van der Waals surface area contributed by atoms with Crippen LogP contribution in [0.2, 0.25) is 0 Å². The molecule has 310 valence electrons. The first kappa shape index (κ1) is 40.2. The van der Waals surface area contributed by atoms with Gasteiger partial charge in [0.25, 0.3) is 5.91 Å². The molecular weight excluding hydrogens is 757 g/mol. The number of imidazole rings is 3.